The number of amides is 1. The first-order valence-electron chi connectivity index (χ1n) is 11.0. The molecule has 0 saturated carbocycles. The molecule has 2 aromatic carbocycles. The number of benzene rings is 2. The van der Waals surface area contributed by atoms with Gasteiger partial charge >= 0.3 is 0 Å². The fourth-order valence-electron chi connectivity index (χ4n) is 3.63. The van der Waals surface area contributed by atoms with Crippen molar-refractivity contribution in [2.75, 3.05) is 0 Å². The van der Waals surface area contributed by atoms with Gasteiger partial charge in [-0.3, -0.25) is 9.48 Å². The molecule has 1 amide bonds. The standard InChI is InChI=1S/C25H32N4O3S/c1-17(2)24(28-33(31,32)22-13-11-18(3)12-14-22)25(30)26-15-23-19(4)27-29(20(23)5)16-21-9-7-6-8-10-21/h6-14,17,24,28H,15-16H2,1-5H3,(H,26,30)/t24-/m1/s1. The molecule has 0 aliphatic heterocycles. The second-order valence-electron chi connectivity index (χ2n) is 8.67. The number of carbonyl (C=O) groups excluding carboxylic acids is 1. The summed E-state index contributed by atoms with van der Waals surface area (Å²) in [6.45, 7) is 10.3. The van der Waals surface area contributed by atoms with E-state index in [0.717, 1.165) is 28.1 Å². The molecule has 0 saturated heterocycles. The zero-order valence-corrected chi connectivity index (χ0v) is 20.6. The summed E-state index contributed by atoms with van der Waals surface area (Å²) in [4.78, 5) is 13.1. The summed E-state index contributed by atoms with van der Waals surface area (Å²) in [5.74, 6) is -0.594. The van der Waals surface area contributed by atoms with Crippen LogP contribution in [0.4, 0.5) is 0 Å². The predicted octanol–water partition coefficient (Wildman–Crippen LogP) is 3.48. The molecular weight excluding hydrogens is 436 g/mol. The molecule has 0 aliphatic rings. The molecule has 3 rings (SSSR count). The number of aromatic nitrogens is 2. The van der Waals surface area contributed by atoms with E-state index in [0.29, 0.717) is 6.54 Å². The van der Waals surface area contributed by atoms with E-state index in [-0.39, 0.29) is 23.3 Å². The third-order valence-electron chi connectivity index (χ3n) is 5.71. The van der Waals surface area contributed by atoms with Crippen LogP contribution >= 0.6 is 0 Å². The molecule has 2 N–H and O–H groups in total. The highest BCUT2D eigenvalue weighted by molar-refractivity contribution is 7.89. The molecule has 0 radical (unpaired) electrons. The number of carbonyl (C=O) groups is 1. The lowest BCUT2D eigenvalue weighted by Crippen LogP contribution is -2.49. The lowest BCUT2D eigenvalue weighted by Gasteiger charge is -2.22. The summed E-state index contributed by atoms with van der Waals surface area (Å²) in [7, 11) is -3.82. The van der Waals surface area contributed by atoms with Gasteiger partial charge in [-0.25, -0.2) is 8.42 Å². The minimum absolute atomic E-state index is 0.139. The van der Waals surface area contributed by atoms with Gasteiger partial charge in [0.1, 0.15) is 6.04 Å². The van der Waals surface area contributed by atoms with Crippen LogP contribution in [-0.2, 0) is 27.9 Å². The molecular formula is C25H32N4O3S. The molecule has 176 valence electrons. The molecule has 1 heterocycles. The predicted molar refractivity (Wildman–Crippen MR) is 129 cm³/mol. The quantitative estimate of drug-likeness (QED) is 0.503. The lowest BCUT2D eigenvalue weighted by molar-refractivity contribution is -0.123. The van der Waals surface area contributed by atoms with Crippen molar-refractivity contribution in [2.24, 2.45) is 5.92 Å². The Hall–Kier alpha value is -2.97. The van der Waals surface area contributed by atoms with Crippen LogP contribution in [0, 0.1) is 26.7 Å². The van der Waals surface area contributed by atoms with Gasteiger partial charge in [-0.1, -0.05) is 61.9 Å². The van der Waals surface area contributed by atoms with Crippen LogP contribution in [0.15, 0.2) is 59.5 Å². The molecule has 0 spiro atoms. The Bertz CT molecular complexity index is 1200. The molecule has 0 bridgehead atoms. The average Bonchev–Trinajstić information content (AvgIpc) is 3.03. The van der Waals surface area contributed by atoms with E-state index in [4.69, 9.17) is 0 Å². The summed E-state index contributed by atoms with van der Waals surface area (Å²) in [5, 5.41) is 7.53. The Balaban J connectivity index is 1.71. The van der Waals surface area contributed by atoms with Crippen LogP contribution in [0.25, 0.3) is 0 Å². The summed E-state index contributed by atoms with van der Waals surface area (Å²) < 4.78 is 30.1. The van der Waals surface area contributed by atoms with E-state index in [1.165, 1.54) is 0 Å². The van der Waals surface area contributed by atoms with Gasteiger partial charge in [0, 0.05) is 17.8 Å². The van der Waals surface area contributed by atoms with Gasteiger partial charge in [-0.2, -0.15) is 9.82 Å². The van der Waals surface area contributed by atoms with Crippen molar-refractivity contribution in [3.8, 4) is 0 Å². The second-order valence-corrected chi connectivity index (χ2v) is 10.4. The van der Waals surface area contributed by atoms with E-state index in [2.05, 4.69) is 15.1 Å². The first kappa shape index (κ1) is 24.7. The van der Waals surface area contributed by atoms with Crippen molar-refractivity contribution in [2.45, 2.75) is 58.6 Å². The van der Waals surface area contributed by atoms with Crippen LogP contribution in [0.5, 0.6) is 0 Å². The van der Waals surface area contributed by atoms with Crippen LogP contribution in [0.1, 0.15) is 41.9 Å². The number of aryl methyl sites for hydroxylation is 2. The Labute approximate surface area is 196 Å². The van der Waals surface area contributed by atoms with Gasteiger partial charge in [0.2, 0.25) is 15.9 Å². The summed E-state index contributed by atoms with van der Waals surface area (Å²) in [5.41, 5.74) is 4.85. The van der Waals surface area contributed by atoms with Crippen molar-refractivity contribution in [3.05, 3.63) is 82.7 Å². The maximum Gasteiger partial charge on any atom is 0.241 e. The topological polar surface area (TPSA) is 93.1 Å². The van der Waals surface area contributed by atoms with Gasteiger partial charge in [0.05, 0.1) is 17.1 Å². The minimum Gasteiger partial charge on any atom is -0.350 e. The fourth-order valence-corrected chi connectivity index (χ4v) is 4.97. The summed E-state index contributed by atoms with van der Waals surface area (Å²) in [6.07, 6.45) is 0. The number of sulfonamides is 1. The fraction of sp³-hybridized carbons (Fsp3) is 0.360. The van der Waals surface area contributed by atoms with E-state index in [1.54, 1.807) is 24.3 Å². The number of hydrogen-bond donors (Lipinski definition) is 2. The van der Waals surface area contributed by atoms with Crippen molar-refractivity contribution in [3.63, 3.8) is 0 Å². The van der Waals surface area contributed by atoms with Crippen LogP contribution < -0.4 is 10.0 Å². The van der Waals surface area contributed by atoms with Crippen LogP contribution in [0.3, 0.4) is 0 Å². The lowest BCUT2D eigenvalue weighted by atomic mass is 10.0. The zero-order valence-electron chi connectivity index (χ0n) is 19.8. The third kappa shape index (κ3) is 6.09. The molecule has 8 heteroatoms. The largest absolute Gasteiger partial charge is 0.350 e. The van der Waals surface area contributed by atoms with E-state index in [9.17, 15) is 13.2 Å². The van der Waals surface area contributed by atoms with Crippen LogP contribution in [0.2, 0.25) is 0 Å². The minimum atomic E-state index is -3.82. The molecule has 0 unspecified atom stereocenters. The van der Waals surface area contributed by atoms with Crippen molar-refractivity contribution >= 4 is 15.9 Å². The van der Waals surface area contributed by atoms with Gasteiger partial charge in [0.25, 0.3) is 0 Å². The Kier molecular flexibility index (Phi) is 7.71. The smallest absolute Gasteiger partial charge is 0.241 e. The Morgan fingerprint density at radius 1 is 1.00 bits per heavy atom. The second kappa shape index (κ2) is 10.3. The zero-order chi connectivity index (χ0) is 24.2. The summed E-state index contributed by atoms with van der Waals surface area (Å²) >= 11 is 0. The number of nitrogens with one attached hydrogen (secondary N) is 2. The molecule has 7 nitrogen and oxygen atoms in total. The van der Waals surface area contributed by atoms with Gasteiger partial charge in [-0.05, 0) is 44.4 Å². The molecule has 0 aliphatic carbocycles. The molecule has 1 atom stereocenters. The number of nitrogens with zero attached hydrogens (tertiary/aromatic N) is 2. The SMILES string of the molecule is Cc1ccc(S(=O)(=O)N[C@@H](C(=O)NCc2c(C)nn(Cc3ccccc3)c2C)C(C)C)cc1. The first-order chi connectivity index (χ1) is 15.6. The van der Waals surface area contributed by atoms with E-state index < -0.39 is 16.1 Å². The normalized spacial score (nSPS) is 12.7. The number of rotatable bonds is 9. The number of hydrogen-bond acceptors (Lipinski definition) is 4. The highest BCUT2D eigenvalue weighted by Crippen LogP contribution is 2.16. The molecule has 0 fully saturated rings. The highest BCUT2D eigenvalue weighted by atomic mass is 32.2. The third-order valence-corrected chi connectivity index (χ3v) is 7.17. The van der Waals surface area contributed by atoms with Gasteiger partial charge in [-0.15, -0.1) is 0 Å². The van der Waals surface area contributed by atoms with E-state index in [1.807, 2.05) is 69.6 Å². The Morgan fingerprint density at radius 2 is 1.64 bits per heavy atom. The Morgan fingerprint density at radius 3 is 2.24 bits per heavy atom. The van der Waals surface area contributed by atoms with Crippen molar-refractivity contribution in [1.82, 2.24) is 19.8 Å². The van der Waals surface area contributed by atoms with E-state index >= 15 is 0 Å². The van der Waals surface area contributed by atoms with Gasteiger partial charge < -0.3 is 5.32 Å². The highest BCUT2D eigenvalue weighted by Gasteiger charge is 2.28. The monoisotopic (exact) mass is 468 g/mol. The first-order valence-corrected chi connectivity index (χ1v) is 12.5. The maximum absolute atomic E-state index is 13.0. The maximum atomic E-state index is 13.0. The van der Waals surface area contributed by atoms with Crippen LogP contribution in [-0.4, -0.2) is 30.1 Å². The van der Waals surface area contributed by atoms with Gasteiger partial charge in [0.15, 0.2) is 0 Å². The summed E-state index contributed by atoms with van der Waals surface area (Å²) in [6, 6.07) is 15.7. The van der Waals surface area contributed by atoms with Crippen molar-refractivity contribution in [1.29, 1.82) is 0 Å². The average molecular weight is 469 g/mol. The van der Waals surface area contributed by atoms with Crippen molar-refractivity contribution < 1.29 is 13.2 Å². The molecule has 33 heavy (non-hydrogen) atoms. The molecule has 3 aromatic rings. The molecule has 1 aromatic heterocycles.